The second kappa shape index (κ2) is 9.05. The van der Waals surface area contributed by atoms with Crippen molar-refractivity contribution in [2.45, 2.75) is 27.2 Å². The summed E-state index contributed by atoms with van der Waals surface area (Å²) in [4.78, 5) is 16.7. The molecule has 2 heterocycles. The molecule has 2 aromatic heterocycles. The highest BCUT2D eigenvalue weighted by Crippen LogP contribution is 2.26. The maximum Gasteiger partial charge on any atom is 0.258 e. The van der Waals surface area contributed by atoms with Gasteiger partial charge in [0, 0.05) is 31.8 Å². The van der Waals surface area contributed by atoms with Crippen molar-refractivity contribution in [2.75, 3.05) is 19.8 Å². The fraction of sp³-hybridized carbons (Fsp3) is 0.409. The third kappa shape index (κ3) is 5.12. The first-order valence-electron chi connectivity index (χ1n) is 9.74. The van der Waals surface area contributed by atoms with Crippen LogP contribution < -0.4 is 10.1 Å². The topological polar surface area (TPSA) is 89.3 Å². The zero-order valence-electron chi connectivity index (χ0n) is 17.4. The first-order chi connectivity index (χ1) is 13.9. The van der Waals surface area contributed by atoms with E-state index in [9.17, 15) is 9.90 Å². The Bertz CT molecular complexity index is 995. The number of rotatable bonds is 8. The fourth-order valence-corrected chi connectivity index (χ4v) is 3.35. The highest BCUT2D eigenvalue weighted by molar-refractivity contribution is 5.85. The lowest BCUT2D eigenvalue weighted by Gasteiger charge is -2.15. The molecule has 0 unspecified atom stereocenters. The number of aryl methyl sites for hydroxylation is 4. The van der Waals surface area contributed by atoms with Crippen LogP contribution in [0.2, 0.25) is 0 Å². The molecular formula is C22H28N4O3. The molecule has 0 aliphatic heterocycles. The molecule has 0 aliphatic carbocycles. The number of ether oxygens (including phenoxy) is 1. The first kappa shape index (κ1) is 20.8. The lowest BCUT2D eigenvalue weighted by Crippen LogP contribution is -2.35. The van der Waals surface area contributed by atoms with Gasteiger partial charge < -0.3 is 15.2 Å². The Hall–Kier alpha value is -2.93. The number of hydrogen-bond donors (Lipinski definition) is 2. The molecule has 1 aromatic carbocycles. The molecule has 154 valence electrons. The summed E-state index contributed by atoms with van der Waals surface area (Å²) in [6, 6.07) is 10.2. The molecule has 7 nitrogen and oxygen atoms in total. The highest BCUT2D eigenvalue weighted by Gasteiger charge is 2.16. The molecule has 0 aliphatic rings. The van der Waals surface area contributed by atoms with E-state index in [0.29, 0.717) is 18.8 Å². The number of aliphatic hydroxyl groups is 1. The van der Waals surface area contributed by atoms with Crippen LogP contribution in [0.3, 0.4) is 0 Å². The second-order valence-electron chi connectivity index (χ2n) is 7.54. The van der Waals surface area contributed by atoms with Gasteiger partial charge in [-0.15, -0.1) is 5.10 Å². The number of nitrogens with zero attached hydrogens (tertiary/aromatic N) is 3. The molecule has 29 heavy (non-hydrogen) atoms. The van der Waals surface area contributed by atoms with Gasteiger partial charge in [0.2, 0.25) is 5.88 Å². The smallest absolute Gasteiger partial charge is 0.258 e. The normalized spacial score (nSPS) is 12.2. The van der Waals surface area contributed by atoms with Gasteiger partial charge in [0.25, 0.3) is 5.91 Å². The standard InChI is InChI=1S/C22H28N4O3/c1-14-5-7-17(8-6-14)10-18(12-27)11-23-19(28)13-29-22-20-15(2)9-16(3)24-21(20)26(4)25-22/h5-9,18,27H,10-13H2,1-4H3,(H,23,28)/t18-/m1/s1. The van der Waals surface area contributed by atoms with E-state index in [2.05, 4.69) is 15.4 Å². The average Bonchev–Trinajstić information content (AvgIpc) is 3.01. The molecule has 0 saturated heterocycles. The fourth-order valence-electron chi connectivity index (χ4n) is 3.35. The SMILES string of the molecule is Cc1ccc(C[C@@H](CO)CNC(=O)COc2nn(C)c3nc(C)cc(C)c23)cc1. The molecule has 1 atom stereocenters. The predicted molar refractivity (Wildman–Crippen MR) is 112 cm³/mol. The summed E-state index contributed by atoms with van der Waals surface area (Å²) in [6.45, 7) is 6.20. The summed E-state index contributed by atoms with van der Waals surface area (Å²) in [5, 5.41) is 17.6. The van der Waals surface area contributed by atoms with Gasteiger partial charge in [-0.2, -0.15) is 0 Å². The number of amides is 1. The van der Waals surface area contributed by atoms with Crippen LogP contribution in [-0.4, -0.2) is 45.5 Å². The van der Waals surface area contributed by atoms with Gasteiger partial charge in [-0.1, -0.05) is 29.8 Å². The Morgan fingerprint density at radius 1 is 1.24 bits per heavy atom. The largest absolute Gasteiger partial charge is 0.466 e. The molecule has 2 N–H and O–H groups in total. The minimum absolute atomic E-state index is 0.00407. The van der Waals surface area contributed by atoms with Gasteiger partial charge in [-0.05, 0) is 44.4 Å². The summed E-state index contributed by atoms with van der Waals surface area (Å²) in [7, 11) is 1.80. The second-order valence-corrected chi connectivity index (χ2v) is 7.54. The molecule has 0 bridgehead atoms. The molecule has 0 spiro atoms. The zero-order valence-corrected chi connectivity index (χ0v) is 17.4. The van der Waals surface area contributed by atoms with Gasteiger partial charge >= 0.3 is 0 Å². The van der Waals surface area contributed by atoms with Gasteiger partial charge in [-0.25, -0.2) is 9.67 Å². The quantitative estimate of drug-likeness (QED) is 0.610. The van der Waals surface area contributed by atoms with Crippen molar-refractivity contribution in [3.8, 4) is 5.88 Å². The summed E-state index contributed by atoms with van der Waals surface area (Å²) >= 11 is 0. The van der Waals surface area contributed by atoms with E-state index in [0.717, 1.165) is 27.9 Å². The van der Waals surface area contributed by atoms with Crippen LogP contribution in [-0.2, 0) is 18.3 Å². The van der Waals surface area contributed by atoms with E-state index in [1.807, 2.05) is 51.1 Å². The van der Waals surface area contributed by atoms with E-state index in [4.69, 9.17) is 4.74 Å². The third-order valence-electron chi connectivity index (χ3n) is 4.92. The summed E-state index contributed by atoms with van der Waals surface area (Å²) in [5.74, 6) is 0.108. The number of carbonyl (C=O) groups is 1. The Balaban J connectivity index is 1.56. The van der Waals surface area contributed by atoms with Crippen LogP contribution in [0.4, 0.5) is 0 Å². The molecular weight excluding hydrogens is 368 g/mol. The van der Waals surface area contributed by atoms with Crippen molar-refractivity contribution >= 4 is 16.9 Å². The van der Waals surface area contributed by atoms with Crippen molar-refractivity contribution in [2.24, 2.45) is 13.0 Å². The number of fused-ring (bicyclic) bond motifs is 1. The molecule has 0 radical (unpaired) electrons. The van der Waals surface area contributed by atoms with Gasteiger partial charge in [0.1, 0.15) is 0 Å². The number of aliphatic hydroxyl groups excluding tert-OH is 1. The molecule has 7 heteroatoms. The van der Waals surface area contributed by atoms with Crippen LogP contribution in [0.1, 0.15) is 22.4 Å². The molecule has 1 amide bonds. The van der Waals surface area contributed by atoms with Gasteiger partial charge in [0.15, 0.2) is 12.3 Å². The number of carbonyl (C=O) groups excluding carboxylic acids is 1. The van der Waals surface area contributed by atoms with Crippen molar-refractivity contribution in [3.05, 3.63) is 52.7 Å². The van der Waals surface area contributed by atoms with Gasteiger partial charge in [0.05, 0.1) is 5.39 Å². The summed E-state index contributed by atoms with van der Waals surface area (Å²) < 4.78 is 7.33. The maximum absolute atomic E-state index is 12.2. The van der Waals surface area contributed by atoms with E-state index in [1.54, 1.807) is 11.7 Å². The van der Waals surface area contributed by atoms with Crippen molar-refractivity contribution in [3.63, 3.8) is 0 Å². The third-order valence-corrected chi connectivity index (χ3v) is 4.92. The zero-order chi connectivity index (χ0) is 21.0. The Morgan fingerprint density at radius 2 is 1.97 bits per heavy atom. The van der Waals surface area contributed by atoms with Crippen molar-refractivity contribution < 1.29 is 14.6 Å². The minimum atomic E-state index is -0.246. The number of benzene rings is 1. The minimum Gasteiger partial charge on any atom is -0.466 e. The highest BCUT2D eigenvalue weighted by atomic mass is 16.5. The average molecular weight is 396 g/mol. The van der Waals surface area contributed by atoms with Crippen molar-refractivity contribution in [1.29, 1.82) is 0 Å². The van der Waals surface area contributed by atoms with E-state index >= 15 is 0 Å². The van der Waals surface area contributed by atoms with E-state index in [-0.39, 0.29) is 25.0 Å². The molecule has 3 rings (SSSR count). The summed E-state index contributed by atoms with van der Waals surface area (Å²) in [6.07, 6.45) is 0.701. The van der Waals surface area contributed by atoms with E-state index in [1.165, 1.54) is 5.56 Å². The Morgan fingerprint density at radius 3 is 2.66 bits per heavy atom. The molecule has 0 saturated carbocycles. The Labute approximate surface area is 170 Å². The monoisotopic (exact) mass is 396 g/mol. The predicted octanol–water partition coefficient (Wildman–Crippen LogP) is 2.24. The van der Waals surface area contributed by atoms with Crippen LogP contribution in [0.15, 0.2) is 30.3 Å². The van der Waals surface area contributed by atoms with Gasteiger partial charge in [-0.3, -0.25) is 4.79 Å². The van der Waals surface area contributed by atoms with Crippen LogP contribution in [0.25, 0.3) is 11.0 Å². The van der Waals surface area contributed by atoms with Crippen LogP contribution in [0.5, 0.6) is 5.88 Å². The molecule has 0 fully saturated rings. The maximum atomic E-state index is 12.2. The number of nitrogens with one attached hydrogen (secondary N) is 1. The van der Waals surface area contributed by atoms with Crippen LogP contribution in [0, 0.1) is 26.7 Å². The van der Waals surface area contributed by atoms with Crippen molar-refractivity contribution in [1.82, 2.24) is 20.1 Å². The summed E-state index contributed by atoms with van der Waals surface area (Å²) in [5.41, 5.74) is 4.98. The number of pyridine rings is 1. The lowest BCUT2D eigenvalue weighted by atomic mass is 9.99. The number of hydrogen-bond acceptors (Lipinski definition) is 5. The molecule has 3 aromatic rings. The Kier molecular flexibility index (Phi) is 6.49. The first-order valence-corrected chi connectivity index (χ1v) is 9.74. The number of aromatic nitrogens is 3. The lowest BCUT2D eigenvalue weighted by molar-refractivity contribution is -0.123. The van der Waals surface area contributed by atoms with Crippen LogP contribution >= 0.6 is 0 Å². The van der Waals surface area contributed by atoms with E-state index < -0.39 is 0 Å².